The van der Waals surface area contributed by atoms with Crippen LogP contribution in [0.15, 0.2) is 24.3 Å². The van der Waals surface area contributed by atoms with E-state index in [0.29, 0.717) is 24.3 Å². The van der Waals surface area contributed by atoms with Crippen LogP contribution in [0.2, 0.25) is 0 Å². The van der Waals surface area contributed by atoms with Crippen LogP contribution in [0.1, 0.15) is 39.0 Å². The molecular formula is C18H25FN2O2. The average Bonchev–Trinajstić information content (AvgIpc) is 2.97. The maximum Gasteiger partial charge on any atom is 0.237 e. The molecule has 4 atom stereocenters. The van der Waals surface area contributed by atoms with E-state index in [9.17, 15) is 9.18 Å². The Kier molecular flexibility index (Phi) is 5.16. The van der Waals surface area contributed by atoms with Gasteiger partial charge in [0.25, 0.3) is 0 Å². The van der Waals surface area contributed by atoms with Crippen molar-refractivity contribution >= 4 is 5.91 Å². The summed E-state index contributed by atoms with van der Waals surface area (Å²) in [5, 5.41) is 6.42. The van der Waals surface area contributed by atoms with Crippen molar-refractivity contribution in [3.63, 3.8) is 0 Å². The van der Waals surface area contributed by atoms with Crippen LogP contribution in [0.25, 0.3) is 0 Å². The Hall–Kier alpha value is -1.62. The van der Waals surface area contributed by atoms with E-state index in [1.165, 1.54) is 37.8 Å². The molecule has 1 saturated carbocycles. The summed E-state index contributed by atoms with van der Waals surface area (Å²) in [6.45, 7) is 2.29. The summed E-state index contributed by atoms with van der Waals surface area (Å²) in [4.78, 5) is 12.3. The third-order valence-corrected chi connectivity index (χ3v) is 4.88. The highest BCUT2D eigenvalue weighted by molar-refractivity contribution is 5.82. The van der Waals surface area contributed by atoms with E-state index in [2.05, 4.69) is 10.6 Å². The molecule has 1 saturated heterocycles. The second-order valence-electron chi connectivity index (χ2n) is 6.74. The molecular weight excluding hydrogens is 295 g/mol. The van der Waals surface area contributed by atoms with Crippen LogP contribution in [0.4, 0.5) is 4.39 Å². The Labute approximate surface area is 136 Å². The van der Waals surface area contributed by atoms with E-state index in [1.807, 2.05) is 6.92 Å². The molecule has 0 radical (unpaired) electrons. The summed E-state index contributed by atoms with van der Waals surface area (Å²) < 4.78 is 18.8. The quantitative estimate of drug-likeness (QED) is 0.877. The average molecular weight is 320 g/mol. The van der Waals surface area contributed by atoms with Gasteiger partial charge in [0.15, 0.2) is 0 Å². The standard InChI is InChI=1S/C18H25FN2O2/c1-12(23-15-7-4-6-14(19)10-15)11-20-18(22)17-9-13-5-2-3-8-16(13)21-17/h4,6-7,10,12-13,16-17,21H,2-3,5,8-9,11H2,1H3,(H,20,22). The fourth-order valence-corrected chi connectivity index (χ4v) is 3.70. The number of halogens is 1. The Bertz CT molecular complexity index is 538. The molecule has 2 N–H and O–H groups in total. The van der Waals surface area contributed by atoms with Gasteiger partial charge < -0.3 is 15.4 Å². The Morgan fingerprint density at radius 2 is 2.26 bits per heavy atom. The minimum Gasteiger partial charge on any atom is -0.489 e. The largest absolute Gasteiger partial charge is 0.489 e. The summed E-state index contributed by atoms with van der Waals surface area (Å²) in [5.41, 5.74) is 0. The number of hydrogen-bond donors (Lipinski definition) is 2. The van der Waals surface area contributed by atoms with Crippen molar-refractivity contribution in [1.29, 1.82) is 0 Å². The van der Waals surface area contributed by atoms with Gasteiger partial charge in [0.05, 0.1) is 12.6 Å². The second-order valence-corrected chi connectivity index (χ2v) is 6.74. The number of benzene rings is 1. The first kappa shape index (κ1) is 16.2. The van der Waals surface area contributed by atoms with E-state index in [0.717, 1.165) is 6.42 Å². The molecule has 5 heteroatoms. The summed E-state index contributed by atoms with van der Waals surface area (Å²) >= 11 is 0. The summed E-state index contributed by atoms with van der Waals surface area (Å²) in [6, 6.07) is 6.49. The molecule has 1 amide bonds. The third-order valence-electron chi connectivity index (χ3n) is 4.88. The van der Waals surface area contributed by atoms with Crippen molar-refractivity contribution in [3.05, 3.63) is 30.1 Å². The molecule has 2 aliphatic rings. The summed E-state index contributed by atoms with van der Waals surface area (Å²) in [6.07, 6.45) is 5.71. The first-order valence-electron chi connectivity index (χ1n) is 8.58. The number of carbonyl (C=O) groups is 1. The van der Waals surface area contributed by atoms with E-state index >= 15 is 0 Å². The highest BCUT2D eigenvalue weighted by Crippen LogP contribution is 2.33. The monoisotopic (exact) mass is 320 g/mol. The van der Waals surface area contributed by atoms with Crippen LogP contribution in [0, 0.1) is 11.7 Å². The van der Waals surface area contributed by atoms with Crippen LogP contribution >= 0.6 is 0 Å². The van der Waals surface area contributed by atoms with Crippen LogP contribution < -0.4 is 15.4 Å². The topological polar surface area (TPSA) is 50.4 Å². The number of hydrogen-bond acceptors (Lipinski definition) is 3. The Morgan fingerprint density at radius 1 is 1.43 bits per heavy atom. The van der Waals surface area contributed by atoms with E-state index in [1.54, 1.807) is 12.1 Å². The van der Waals surface area contributed by atoms with Crippen molar-refractivity contribution in [3.8, 4) is 5.75 Å². The van der Waals surface area contributed by atoms with Crippen molar-refractivity contribution in [2.45, 2.75) is 57.2 Å². The lowest BCUT2D eigenvalue weighted by atomic mass is 9.85. The Balaban J connectivity index is 1.43. The molecule has 1 heterocycles. The highest BCUT2D eigenvalue weighted by Gasteiger charge is 2.38. The lowest BCUT2D eigenvalue weighted by Crippen LogP contribution is -2.45. The van der Waals surface area contributed by atoms with Gasteiger partial charge in [-0.2, -0.15) is 0 Å². The van der Waals surface area contributed by atoms with E-state index in [4.69, 9.17) is 4.74 Å². The molecule has 1 aliphatic heterocycles. The maximum atomic E-state index is 13.1. The third kappa shape index (κ3) is 4.22. The van der Waals surface area contributed by atoms with Gasteiger partial charge >= 0.3 is 0 Å². The number of ether oxygens (including phenoxy) is 1. The van der Waals surface area contributed by atoms with Gasteiger partial charge in [0.1, 0.15) is 17.7 Å². The van der Waals surface area contributed by atoms with Crippen LogP contribution in [0.5, 0.6) is 5.75 Å². The maximum absolute atomic E-state index is 13.1. The predicted molar refractivity (Wildman–Crippen MR) is 86.8 cm³/mol. The van der Waals surface area contributed by atoms with Gasteiger partial charge in [-0.1, -0.05) is 18.9 Å². The second kappa shape index (κ2) is 7.30. The molecule has 4 unspecified atom stereocenters. The summed E-state index contributed by atoms with van der Waals surface area (Å²) in [7, 11) is 0. The van der Waals surface area contributed by atoms with Crippen molar-refractivity contribution in [2.24, 2.45) is 5.92 Å². The molecule has 126 valence electrons. The normalized spacial score (nSPS) is 28.0. The van der Waals surface area contributed by atoms with Gasteiger partial charge in [-0.3, -0.25) is 4.79 Å². The number of nitrogens with one attached hydrogen (secondary N) is 2. The predicted octanol–water partition coefficient (Wildman–Crippen LogP) is 2.63. The van der Waals surface area contributed by atoms with Gasteiger partial charge in [-0.25, -0.2) is 4.39 Å². The molecule has 1 aromatic rings. The fourth-order valence-electron chi connectivity index (χ4n) is 3.70. The van der Waals surface area contributed by atoms with Crippen LogP contribution in [-0.4, -0.2) is 30.6 Å². The molecule has 4 nitrogen and oxygen atoms in total. The lowest BCUT2D eigenvalue weighted by molar-refractivity contribution is -0.123. The minimum absolute atomic E-state index is 0.0501. The molecule has 23 heavy (non-hydrogen) atoms. The zero-order valence-electron chi connectivity index (χ0n) is 13.6. The SMILES string of the molecule is CC(CNC(=O)C1CC2CCCCC2N1)Oc1cccc(F)c1. The molecule has 2 fully saturated rings. The van der Waals surface area contributed by atoms with Gasteiger partial charge in [0.2, 0.25) is 5.91 Å². The number of amides is 1. The fraction of sp³-hybridized carbons (Fsp3) is 0.611. The molecule has 0 bridgehead atoms. The van der Waals surface area contributed by atoms with Gasteiger partial charge in [-0.05, 0) is 44.2 Å². The molecule has 0 spiro atoms. The molecule has 1 aliphatic carbocycles. The number of carbonyl (C=O) groups excluding carboxylic acids is 1. The summed E-state index contributed by atoms with van der Waals surface area (Å²) in [5.74, 6) is 0.864. The van der Waals surface area contributed by atoms with Crippen LogP contribution in [-0.2, 0) is 4.79 Å². The lowest BCUT2D eigenvalue weighted by Gasteiger charge is -2.24. The van der Waals surface area contributed by atoms with Crippen molar-refractivity contribution < 1.29 is 13.9 Å². The van der Waals surface area contributed by atoms with E-state index in [-0.39, 0.29) is 23.9 Å². The molecule has 1 aromatic carbocycles. The minimum atomic E-state index is -0.323. The van der Waals surface area contributed by atoms with Gasteiger partial charge in [-0.15, -0.1) is 0 Å². The van der Waals surface area contributed by atoms with Crippen molar-refractivity contribution in [1.82, 2.24) is 10.6 Å². The Morgan fingerprint density at radius 3 is 3.04 bits per heavy atom. The zero-order valence-corrected chi connectivity index (χ0v) is 13.6. The molecule has 3 rings (SSSR count). The first-order chi connectivity index (χ1) is 11.1. The first-order valence-corrected chi connectivity index (χ1v) is 8.58. The van der Waals surface area contributed by atoms with E-state index < -0.39 is 0 Å². The highest BCUT2D eigenvalue weighted by atomic mass is 19.1. The van der Waals surface area contributed by atoms with Crippen LogP contribution in [0.3, 0.4) is 0 Å². The zero-order chi connectivity index (χ0) is 16.2. The molecule has 0 aromatic heterocycles. The number of fused-ring (bicyclic) bond motifs is 1. The smallest absolute Gasteiger partial charge is 0.237 e. The van der Waals surface area contributed by atoms with Gasteiger partial charge in [0, 0.05) is 12.1 Å². The number of rotatable bonds is 5. The van der Waals surface area contributed by atoms with Crippen molar-refractivity contribution in [2.75, 3.05) is 6.54 Å².